The van der Waals surface area contributed by atoms with E-state index in [0.717, 1.165) is 12.1 Å². The van der Waals surface area contributed by atoms with Crippen molar-refractivity contribution in [3.05, 3.63) is 29.8 Å². The molecule has 0 atom stereocenters. The van der Waals surface area contributed by atoms with E-state index in [1.165, 1.54) is 11.0 Å². The van der Waals surface area contributed by atoms with Gasteiger partial charge in [-0.1, -0.05) is 0 Å². The van der Waals surface area contributed by atoms with Crippen LogP contribution >= 0.6 is 0 Å². The number of hydrogen-bond acceptors (Lipinski definition) is 2. The average molecular weight is 268 g/mol. The van der Waals surface area contributed by atoms with E-state index in [1.807, 2.05) is 0 Å². The molecular weight excluding hydrogens is 254 g/mol. The van der Waals surface area contributed by atoms with Crippen LogP contribution in [0.1, 0.15) is 20.3 Å². The predicted octanol–water partition coefficient (Wildman–Crippen LogP) is 1.60. The van der Waals surface area contributed by atoms with Crippen molar-refractivity contribution in [1.29, 1.82) is 0 Å². The maximum atomic E-state index is 13.8. The van der Waals surface area contributed by atoms with Crippen molar-refractivity contribution in [3.8, 4) is 0 Å². The molecular formula is C13H14F2N2O2. The Bertz CT molecular complexity index is 543. The van der Waals surface area contributed by atoms with Gasteiger partial charge in [-0.25, -0.2) is 8.78 Å². The topological polar surface area (TPSA) is 49.4 Å². The lowest BCUT2D eigenvalue weighted by Crippen LogP contribution is -2.53. The summed E-state index contributed by atoms with van der Waals surface area (Å²) in [5.74, 6) is -2.23. The standard InChI is InChI=1S/C13H14F2N2O2/c1-13(2)12(19)17(6-5-11(18)16-13)10-4-3-8(14)7-9(10)15/h3-4,7H,5-6H2,1-2H3,(H,16,18). The van der Waals surface area contributed by atoms with Crippen molar-refractivity contribution < 1.29 is 18.4 Å². The molecule has 4 nitrogen and oxygen atoms in total. The Hall–Kier alpha value is -1.98. The summed E-state index contributed by atoms with van der Waals surface area (Å²) in [7, 11) is 0. The first-order chi connectivity index (χ1) is 8.81. The Labute approximate surface area is 109 Å². The third-order valence-corrected chi connectivity index (χ3v) is 2.99. The highest BCUT2D eigenvalue weighted by atomic mass is 19.1. The third-order valence-electron chi connectivity index (χ3n) is 2.99. The van der Waals surface area contributed by atoms with Crippen LogP contribution in [0.4, 0.5) is 14.5 Å². The maximum Gasteiger partial charge on any atom is 0.252 e. The summed E-state index contributed by atoms with van der Waals surface area (Å²) in [4.78, 5) is 25.0. The molecule has 19 heavy (non-hydrogen) atoms. The van der Waals surface area contributed by atoms with Gasteiger partial charge in [0.1, 0.15) is 17.2 Å². The average Bonchev–Trinajstić information content (AvgIpc) is 2.38. The minimum atomic E-state index is -1.12. The minimum absolute atomic E-state index is 0.0176. The summed E-state index contributed by atoms with van der Waals surface area (Å²) < 4.78 is 26.6. The molecule has 1 aliphatic heterocycles. The first kappa shape index (κ1) is 13.5. The number of halogens is 2. The number of anilines is 1. The lowest BCUT2D eigenvalue weighted by atomic mass is 10.0. The van der Waals surface area contributed by atoms with Gasteiger partial charge in [-0.2, -0.15) is 0 Å². The van der Waals surface area contributed by atoms with Gasteiger partial charge in [0.05, 0.1) is 5.69 Å². The van der Waals surface area contributed by atoms with Crippen LogP contribution in [-0.4, -0.2) is 23.9 Å². The molecule has 1 N–H and O–H groups in total. The molecule has 0 aromatic heterocycles. The molecule has 0 saturated carbocycles. The summed E-state index contributed by atoms with van der Waals surface area (Å²) in [6.07, 6.45) is 0.0754. The lowest BCUT2D eigenvalue weighted by molar-refractivity contribution is -0.128. The van der Waals surface area contributed by atoms with Crippen LogP contribution in [0.5, 0.6) is 0 Å². The summed E-state index contributed by atoms with van der Waals surface area (Å²) >= 11 is 0. The number of amides is 2. The summed E-state index contributed by atoms with van der Waals surface area (Å²) in [5, 5.41) is 2.57. The molecule has 1 fully saturated rings. The van der Waals surface area contributed by atoms with E-state index < -0.39 is 23.1 Å². The molecule has 1 aromatic carbocycles. The van der Waals surface area contributed by atoms with Gasteiger partial charge in [-0.3, -0.25) is 9.59 Å². The smallest absolute Gasteiger partial charge is 0.252 e. The molecule has 0 unspecified atom stereocenters. The predicted molar refractivity (Wildman–Crippen MR) is 65.5 cm³/mol. The summed E-state index contributed by atoms with van der Waals surface area (Å²) in [5.41, 5.74) is -1.13. The van der Waals surface area contributed by atoms with E-state index in [1.54, 1.807) is 13.8 Å². The van der Waals surface area contributed by atoms with Crippen LogP contribution < -0.4 is 10.2 Å². The van der Waals surface area contributed by atoms with Crippen LogP contribution in [0.2, 0.25) is 0 Å². The van der Waals surface area contributed by atoms with Crippen LogP contribution in [-0.2, 0) is 9.59 Å². The number of carbonyl (C=O) groups excluding carboxylic acids is 2. The molecule has 1 aliphatic rings. The van der Waals surface area contributed by atoms with Gasteiger partial charge < -0.3 is 10.2 Å². The monoisotopic (exact) mass is 268 g/mol. The molecule has 1 aromatic rings. The zero-order valence-electron chi connectivity index (χ0n) is 10.7. The number of rotatable bonds is 1. The van der Waals surface area contributed by atoms with Gasteiger partial charge in [-0.15, -0.1) is 0 Å². The molecule has 1 heterocycles. The third kappa shape index (κ3) is 2.57. The van der Waals surface area contributed by atoms with Crippen LogP contribution in [0.15, 0.2) is 18.2 Å². The second kappa shape index (κ2) is 4.60. The molecule has 0 aliphatic carbocycles. The maximum absolute atomic E-state index is 13.8. The van der Waals surface area contributed by atoms with Crippen molar-refractivity contribution in [2.45, 2.75) is 25.8 Å². The molecule has 1 saturated heterocycles. The fourth-order valence-electron chi connectivity index (χ4n) is 2.05. The largest absolute Gasteiger partial charge is 0.342 e. The Balaban J connectivity index is 2.42. The summed E-state index contributed by atoms with van der Waals surface area (Å²) in [6.45, 7) is 3.16. The summed E-state index contributed by atoms with van der Waals surface area (Å²) in [6, 6.07) is 3.00. The zero-order chi connectivity index (χ0) is 14.2. The quantitative estimate of drug-likeness (QED) is 0.841. The second-order valence-electron chi connectivity index (χ2n) is 4.98. The van der Waals surface area contributed by atoms with Crippen LogP contribution in [0.3, 0.4) is 0 Å². The van der Waals surface area contributed by atoms with E-state index in [4.69, 9.17) is 0 Å². The van der Waals surface area contributed by atoms with Gasteiger partial charge in [0, 0.05) is 19.0 Å². The highest BCUT2D eigenvalue weighted by molar-refractivity contribution is 6.03. The first-order valence-corrected chi connectivity index (χ1v) is 5.89. The minimum Gasteiger partial charge on any atom is -0.342 e. The Morgan fingerprint density at radius 2 is 1.95 bits per heavy atom. The van der Waals surface area contributed by atoms with Gasteiger partial charge >= 0.3 is 0 Å². The normalized spacial score (nSPS) is 19.1. The first-order valence-electron chi connectivity index (χ1n) is 5.89. The van der Waals surface area contributed by atoms with Crippen molar-refractivity contribution in [2.24, 2.45) is 0 Å². The van der Waals surface area contributed by atoms with Crippen molar-refractivity contribution >= 4 is 17.5 Å². The molecule has 0 spiro atoms. The van der Waals surface area contributed by atoms with Gasteiger partial charge in [0.25, 0.3) is 5.91 Å². The lowest BCUT2D eigenvalue weighted by Gasteiger charge is -2.29. The van der Waals surface area contributed by atoms with Gasteiger partial charge in [-0.05, 0) is 26.0 Å². The van der Waals surface area contributed by atoms with Gasteiger partial charge in [0.15, 0.2) is 0 Å². The molecule has 0 bridgehead atoms. The highest BCUT2D eigenvalue weighted by Crippen LogP contribution is 2.25. The van der Waals surface area contributed by atoms with E-state index in [0.29, 0.717) is 0 Å². The Morgan fingerprint density at radius 1 is 1.26 bits per heavy atom. The van der Waals surface area contributed by atoms with Crippen molar-refractivity contribution in [3.63, 3.8) is 0 Å². The van der Waals surface area contributed by atoms with E-state index in [9.17, 15) is 18.4 Å². The van der Waals surface area contributed by atoms with E-state index in [2.05, 4.69) is 5.32 Å². The number of nitrogens with zero attached hydrogens (tertiary/aromatic N) is 1. The van der Waals surface area contributed by atoms with Crippen LogP contribution in [0, 0.1) is 11.6 Å². The molecule has 2 rings (SSSR count). The van der Waals surface area contributed by atoms with E-state index in [-0.39, 0.29) is 24.6 Å². The number of nitrogens with one attached hydrogen (secondary N) is 1. The molecule has 6 heteroatoms. The number of carbonyl (C=O) groups is 2. The zero-order valence-corrected chi connectivity index (χ0v) is 10.7. The van der Waals surface area contributed by atoms with Crippen LogP contribution in [0.25, 0.3) is 0 Å². The fraction of sp³-hybridized carbons (Fsp3) is 0.385. The number of hydrogen-bond donors (Lipinski definition) is 1. The SMILES string of the molecule is CC1(C)NC(=O)CCN(c2ccc(F)cc2F)C1=O. The van der Waals surface area contributed by atoms with Gasteiger partial charge in [0.2, 0.25) is 5.91 Å². The molecule has 2 amide bonds. The van der Waals surface area contributed by atoms with E-state index >= 15 is 0 Å². The molecule has 0 radical (unpaired) electrons. The Kier molecular flexibility index (Phi) is 3.26. The second-order valence-corrected chi connectivity index (χ2v) is 4.98. The number of benzene rings is 1. The van der Waals surface area contributed by atoms with Crippen molar-refractivity contribution in [2.75, 3.05) is 11.4 Å². The fourth-order valence-corrected chi connectivity index (χ4v) is 2.05. The highest BCUT2D eigenvalue weighted by Gasteiger charge is 2.37. The Morgan fingerprint density at radius 3 is 2.58 bits per heavy atom. The molecule has 102 valence electrons. The van der Waals surface area contributed by atoms with Crippen molar-refractivity contribution in [1.82, 2.24) is 5.32 Å².